The lowest BCUT2D eigenvalue weighted by molar-refractivity contribution is 0.152. The summed E-state index contributed by atoms with van der Waals surface area (Å²) in [6.07, 6.45) is 3.57. The van der Waals surface area contributed by atoms with Crippen molar-refractivity contribution >= 4 is 0 Å². The van der Waals surface area contributed by atoms with E-state index in [1.807, 2.05) is 6.08 Å². The highest BCUT2D eigenvalue weighted by Crippen LogP contribution is 2.24. The van der Waals surface area contributed by atoms with E-state index in [0.29, 0.717) is 12.3 Å². The van der Waals surface area contributed by atoms with Gasteiger partial charge in [-0.05, 0) is 18.1 Å². The van der Waals surface area contributed by atoms with Gasteiger partial charge in [0.25, 0.3) is 0 Å². The molecule has 0 aromatic carbocycles. The topological polar surface area (TPSA) is 52.5 Å². The van der Waals surface area contributed by atoms with Crippen LogP contribution in [0.2, 0.25) is 0 Å². The normalized spacial score (nSPS) is 30.6. The quantitative estimate of drug-likeness (QED) is 0.528. The Labute approximate surface area is 71.4 Å². The van der Waals surface area contributed by atoms with Crippen molar-refractivity contribution in [2.75, 3.05) is 13.1 Å². The molecule has 3 N–H and O–H groups in total. The lowest BCUT2D eigenvalue weighted by atomic mass is 9.88. The van der Waals surface area contributed by atoms with Gasteiger partial charge in [0.05, 0.1) is 0 Å². The molecule has 1 aliphatic heterocycles. The molecule has 2 rings (SSSR count). The number of allylic oxidation sites excluding steroid dienone is 1. The molecule has 1 fully saturated rings. The van der Waals surface area contributed by atoms with Gasteiger partial charge in [0.1, 0.15) is 11.9 Å². The van der Waals surface area contributed by atoms with Crippen LogP contribution in [-0.4, -0.2) is 29.4 Å². The molecule has 3 heteroatoms. The molecule has 1 unspecified atom stereocenters. The molecule has 0 radical (unpaired) electrons. The Morgan fingerprint density at radius 2 is 2.17 bits per heavy atom. The van der Waals surface area contributed by atoms with Gasteiger partial charge in [-0.2, -0.15) is 0 Å². The number of aliphatic hydroxyl groups excluding tert-OH is 2. The average molecular weight is 167 g/mol. The summed E-state index contributed by atoms with van der Waals surface area (Å²) in [5, 5.41) is 21.6. The van der Waals surface area contributed by atoms with E-state index < -0.39 is 6.10 Å². The summed E-state index contributed by atoms with van der Waals surface area (Å²) in [6, 6.07) is 0. The second-order valence-corrected chi connectivity index (χ2v) is 3.38. The molecule has 0 aromatic heterocycles. The zero-order chi connectivity index (χ0) is 8.55. The highest BCUT2D eigenvalue weighted by molar-refractivity contribution is 5.31. The van der Waals surface area contributed by atoms with Crippen LogP contribution in [0.15, 0.2) is 23.5 Å². The van der Waals surface area contributed by atoms with Crippen LogP contribution in [0.5, 0.6) is 0 Å². The van der Waals surface area contributed by atoms with E-state index >= 15 is 0 Å². The first kappa shape index (κ1) is 7.83. The fourth-order valence-electron chi connectivity index (χ4n) is 1.50. The molecular formula is C9H13NO2. The summed E-state index contributed by atoms with van der Waals surface area (Å²) in [7, 11) is 0. The third-order valence-electron chi connectivity index (χ3n) is 2.49. The SMILES string of the molecule is OC1=CC(C2CNC2)=CCC1O. The summed E-state index contributed by atoms with van der Waals surface area (Å²) in [4.78, 5) is 0. The third-order valence-corrected chi connectivity index (χ3v) is 2.49. The van der Waals surface area contributed by atoms with Crippen molar-refractivity contribution in [3.05, 3.63) is 23.5 Å². The number of hydrogen-bond donors (Lipinski definition) is 3. The van der Waals surface area contributed by atoms with E-state index in [1.54, 1.807) is 6.08 Å². The summed E-state index contributed by atoms with van der Waals surface area (Å²) in [6.45, 7) is 1.98. The smallest absolute Gasteiger partial charge is 0.121 e. The molecule has 1 saturated heterocycles. The Bertz CT molecular complexity index is 241. The molecule has 0 bridgehead atoms. The van der Waals surface area contributed by atoms with Crippen molar-refractivity contribution in [1.82, 2.24) is 5.32 Å². The molecule has 3 nitrogen and oxygen atoms in total. The van der Waals surface area contributed by atoms with Crippen molar-refractivity contribution in [2.45, 2.75) is 12.5 Å². The van der Waals surface area contributed by atoms with Gasteiger partial charge in [-0.15, -0.1) is 0 Å². The first-order valence-corrected chi connectivity index (χ1v) is 4.27. The second-order valence-electron chi connectivity index (χ2n) is 3.38. The maximum absolute atomic E-state index is 9.27. The van der Waals surface area contributed by atoms with E-state index in [9.17, 15) is 10.2 Å². The Hall–Kier alpha value is -0.800. The minimum Gasteiger partial charge on any atom is -0.510 e. The van der Waals surface area contributed by atoms with Gasteiger partial charge in [-0.25, -0.2) is 0 Å². The minimum atomic E-state index is -0.679. The molecule has 0 spiro atoms. The predicted molar refractivity (Wildman–Crippen MR) is 45.8 cm³/mol. The van der Waals surface area contributed by atoms with Gasteiger partial charge in [-0.3, -0.25) is 0 Å². The average Bonchev–Trinajstić information content (AvgIpc) is 1.93. The van der Waals surface area contributed by atoms with Crippen LogP contribution in [0, 0.1) is 5.92 Å². The first-order valence-electron chi connectivity index (χ1n) is 4.27. The molecule has 1 atom stereocenters. The minimum absolute atomic E-state index is 0.111. The summed E-state index contributed by atoms with van der Waals surface area (Å²) >= 11 is 0. The van der Waals surface area contributed by atoms with Gasteiger partial charge in [-0.1, -0.05) is 6.08 Å². The highest BCUT2D eigenvalue weighted by atomic mass is 16.3. The lowest BCUT2D eigenvalue weighted by Crippen LogP contribution is -2.43. The van der Waals surface area contributed by atoms with Crippen LogP contribution < -0.4 is 5.32 Å². The van der Waals surface area contributed by atoms with Crippen molar-refractivity contribution in [3.8, 4) is 0 Å². The second kappa shape index (κ2) is 2.92. The maximum atomic E-state index is 9.27. The van der Waals surface area contributed by atoms with Gasteiger partial charge >= 0.3 is 0 Å². The van der Waals surface area contributed by atoms with Crippen LogP contribution in [-0.2, 0) is 0 Å². The molecule has 2 aliphatic rings. The summed E-state index contributed by atoms with van der Waals surface area (Å²) in [5.41, 5.74) is 1.16. The van der Waals surface area contributed by atoms with E-state index in [2.05, 4.69) is 5.32 Å². The van der Waals surface area contributed by atoms with Crippen molar-refractivity contribution < 1.29 is 10.2 Å². The number of nitrogens with one attached hydrogen (secondary N) is 1. The van der Waals surface area contributed by atoms with Gasteiger partial charge in [0, 0.05) is 19.0 Å². The van der Waals surface area contributed by atoms with E-state index in [-0.39, 0.29) is 5.76 Å². The molecule has 0 saturated carbocycles. The lowest BCUT2D eigenvalue weighted by Gasteiger charge is -2.30. The van der Waals surface area contributed by atoms with Crippen molar-refractivity contribution in [3.63, 3.8) is 0 Å². The first-order chi connectivity index (χ1) is 5.77. The molecule has 12 heavy (non-hydrogen) atoms. The molecule has 66 valence electrons. The Morgan fingerprint density at radius 1 is 1.42 bits per heavy atom. The molecule has 0 amide bonds. The van der Waals surface area contributed by atoms with Crippen LogP contribution in [0.25, 0.3) is 0 Å². The summed E-state index contributed by atoms with van der Waals surface area (Å²) < 4.78 is 0. The number of aliphatic hydroxyl groups is 2. The molecule has 0 aromatic rings. The van der Waals surface area contributed by atoms with Crippen molar-refractivity contribution in [2.24, 2.45) is 5.92 Å². The highest BCUT2D eigenvalue weighted by Gasteiger charge is 2.23. The molecule has 1 heterocycles. The van der Waals surface area contributed by atoms with E-state index in [1.165, 1.54) is 0 Å². The monoisotopic (exact) mass is 167 g/mol. The van der Waals surface area contributed by atoms with Gasteiger partial charge in [0.2, 0.25) is 0 Å². The number of rotatable bonds is 1. The zero-order valence-electron chi connectivity index (χ0n) is 6.83. The van der Waals surface area contributed by atoms with Crippen LogP contribution in [0.4, 0.5) is 0 Å². The molecular weight excluding hydrogens is 154 g/mol. The maximum Gasteiger partial charge on any atom is 0.121 e. The van der Waals surface area contributed by atoms with Crippen LogP contribution in [0.3, 0.4) is 0 Å². The predicted octanol–water partition coefficient (Wildman–Crippen LogP) is 0.339. The van der Waals surface area contributed by atoms with E-state index in [0.717, 1.165) is 18.7 Å². The number of hydrogen-bond acceptors (Lipinski definition) is 3. The van der Waals surface area contributed by atoms with Crippen LogP contribution >= 0.6 is 0 Å². The Kier molecular flexibility index (Phi) is 1.90. The largest absolute Gasteiger partial charge is 0.510 e. The van der Waals surface area contributed by atoms with Gasteiger partial charge < -0.3 is 15.5 Å². The zero-order valence-corrected chi connectivity index (χ0v) is 6.83. The standard InChI is InChI=1S/C9H13NO2/c11-8-2-1-6(3-9(8)12)7-4-10-5-7/h1,3,7-8,10-12H,2,4-5H2. The third kappa shape index (κ3) is 1.26. The molecule has 1 aliphatic carbocycles. The fourth-order valence-corrected chi connectivity index (χ4v) is 1.50. The van der Waals surface area contributed by atoms with E-state index in [4.69, 9.17) is 0 Å². The fraction of sp³-hybridized carbons (Fsp3) is 0.556. The Morgan fingerprint density at radius 3 is 2.67 bits per heavy atom. The summed E-state index contributed by atoms with van der Waals surface area (Å²) in [5.74, 6) is 0.652. The van der Waals surface area contributed by atoms with Crippen LogP contribution in [0.1, 0.15) is 6.42 Å². The Balaban J connectivity index is 2.08. The van der Waals surface area contributed by atoms with Gasteiger partial charge in [0.15, 0.2) is 0 Å². The van der Waals surface area contributed by atoms with Crippen molar-refractivity contribution in [1.29, 1.82) is 0 Å².